The normalized spacial score (nSPS) is 11.5. The van der Waals surface area contributed by atoms with E-state index >= 15 is 0 Å². The van der Waals surface area contributed by atoms with E-state index in [1.54, 1.807) is 0 Å². The third-order valence-corrected chi connectivity index (χ3v) is 15.5. The molecule has 0 atom stereocenters. The zero-order valence-corrected chi connectivity index (χ0v) is 22.0. The van der Waals surface area contributed by atoms with Crippen LogP contribution in [0.1, 0.15) is 0 Å². The van der Waals surface area contributed by atoms with Gasteiger partial charge in [-0.2, -0.15) is 0 Å². The molecule has 6 heterocycles. The maximum absolute atomic E-state index is 2.38. The van der Waals surface area contributed by atoms with E-state index in [2.05, 4.69) is 88.9 Å². The maximum atomic E-state index is 2.38. The average Bonchev–Trinajstić information content (AvgIpc) is 3.61. The lowest BCUT2D eigenvalue weighted by atomic mass is 10.4. The first-order valence-corrected chi connectivity index (χ1v) is 16.2. The first-order valence-electron chi connectivity index (χ1n) is 9.64. The first-order chi connectivity index (χ1) is 15.3. The van der Waals surface area contributed by atoms with Gasteiger partial charge in [0, 0.05) is 42.8 Å². The van der Waals surface area contributed by atoms with Gasteiger partial charge in [0.1, 0.15) is 0 Å². The predicted octanol–water partition coefficient (Wildman–Crippen LogP) is 7.57. The summed E-state index contributed by atoms with van der Waals surface area (Å²) >= 11 is 11.4. The predicted molar refractivity (Wildman–Crippen MR) is 148 cm³/mol. The molecule has 0 saturated carbocycles. The molecule has 0 fully saturated rings. The lowest BCUT2D eigenvalue weighted by Crippen LogP contribution is -2.48. The molecule has 6 rings (SSSR count). The van der Waals surface area contributed by atoms with Gasteiger partial charge in [-0.25, -0.2) is 0 Å². The zero-order valence-electron chi connectivity index (χ0n) is 16.1. The minimum absolute atomic E-state index is 1.02. The highest BCUT2D eigenvalue weighted by molar-refractivity contribution is 7.42. The fourth-order valence-electron chi connectivity index (χ4n) is 3.43. The summed E-state index contributed by atoms with van der Waals surface area (Å²) in [4.78, 5) is 8.27. The molecule has 0 nitrogen and oxygen atoms in total. The van der Waals surface area contributed by atoms with Crippen molar-refractivity contribution in [3.63, 3.8) is 0 Å². The Bertz CT molecular complexity index is 1210. The molecule has 0 aliphatic carbocycles. The Labute approximate surface area is 207 Å². The topological polar surface area (TPSA) is 0 Å². The molecule has 6 aromatic rings. The van der Waals surface area contributed by atoms with Gasteiger partial charge in [-0.15, -0.1) is 68.0 Å². The van der Waals surface area contributed by atoms with Crippen LogP contribution in [-0.2, 0) is 0 Å². The van der Waals surface area contributed by atoms with Crippen molar-refractivity contribution in [3.8, 4) is 29.3 Å². The quantitative estimate of drug-likeness (QED) is 0.197. The summed E-state index contributed by atoms with van der Waals surface area (Å²) in [6, 6.07) is 27.2. The van der Waals surface area contributed by atoms with Gasteiger partial charge in [-0.05, 0) is 52.5 Å². The summed E-state index contributed by atoms with van der Waals surface area (Å²) in [7, 11) is -1.02. The minimum Gasteiger partial charge on any atom is -0.143 e. The largest absolute Gasteiger partial charge is 0.193 e. The highest BCUT2D eigenvalue weighted by Gasteiger charge is 2.26. The van der Waals surface area contributed by atoms with Gasteiger partial charge in [0.05, 0.1) is 0 Å². The standard InChI is InChI=1S/C24H15S6Si/c1-4-16(25-13-1)19-7-10-22(28-19)31(23-11-8-20(29-23)17-5-2-14-26-17)24-12-9-21(30-24)18-6-3-15-27-18/h1-15H. The summed E-state index contributed by atoms with van der Waals surface area (Å²) in [5.41, 5.74) is 0. The molecule has 0 unspecified atom stereocenters. The fourth-order valence-corrected chi connectivity index (χ4v) is 14.5. The van der Waals surface area contributed by atoms with Crippen LogP contribution in [0.2, 0.25) is 0 Å². The number of hydrogen-bond donors (Lipinski definition) is 0. The second-order valence-electron chi connectivity index (χ2n) is 6.80. The monoisotopic (exact) mass is 523 g/mol. The molecule has 0 aliphatic rings. The van der Waals surface area contributed by atoms with E-state index in [4.69, 9.17) is 0 Å². The summed E-state index contributed by atoms with van der Waals surface area (Å²) in [6.07, 6.45) is 0. The zero-order chi connectivity index (χ0) is 20.6. The molecule has 7 heteroatoms. The summed E-state index contributed by atoms with van der Waals surface area (Å²) in [5.74, 6) is 0. The minimum atomic E-state index is -1.02. The molecule has 0 saturated heterocycles. The van der Waals surface area contributed by atoms with Crippen molar-refractivity contribution in [2.24, 2.45) is 0 Å². The van der Waals surface area contributed by atoms with E-state index in [0.29, 0.717) is 0 Å². The Morgan fingerprint density at radius 2 is 0.742 bits per heavy atom. The molecule has 0 amide bonds. The molecule has 1 radical (unpaired) electrons. The average molecular weight is 524 g/mol. The number of thiophene rings is 6. The van der Waals surface area contributed by atoms with Gasteiger partial charge < -0.3 is 0 Å². The number of rotatable bonds is 6. The molecule has 0 N–H and O–H groups in total. The Hall–Kier alpha value is -1.58. The fraction of sp³-hybridized carbons (Fsp3) is 0. The molecule has 0 aromatic carbocycles. The SMILES string of the molecule is c1csc(-c2ccc([Si](c3ccc(-c4cccs4)s3)c3ccc(-c4cccs4)s3)s2)c1. The van der Waals surface area contributed by atoms with Crippen molar-refractivity contribution >= 4 is 90.3 Å². The van der Waals surface area contributed by atoms with Crippen LogP contribution >= 0.6 is 68.0 Å². The summed E-state index contributed by atoms with van der Waals surface area (Å²) in [6.45, 7) is 0. The lowest BCUT2D eigenvalue weighted by molar-refractivity contribution is 1.93. The van der Waals surface area contributed by atoms with Crippen molar-refractivity contribution in [1.82, 2.24) is 0 Å². The van der Waals surface area contributed by atoms with E-state index in [0.717, 1.165) is 0 Å². The summed E-state index contributed by atoms with van der Waals surface area (Å²) in [5, 5.41) is 6.50. The van der Waals surface area contributed by atoms with Crippen LogP contribution in [0.5, 0.6) is 0 Å². The van der Waals surface area contributed by atoms with Crippen LogP contribution in [0.15, 0.2) is 88.9 Å². The van der Waals surface area contributed by atoms with Crippen LogP contribution in [-0.4, -0.2) is 8.80 Å². The molecule has 31 heavy (non-hydrogen) atoms. The second kappa shape index (κ2) is 8.75. The highest BCUT2D eigenvalue weighted by Crippen LogP contribution is 2.32. The van der Waals surface area contributed by atoms with Crippen molar-refractivity contribution < 1.29 is 0 Å². The molecule has 151 valence electrons. The van der Waals surface area contributed by atoms with Crippen molar-refractivity contribution in [3.05, 3.63) is 88.9 Å². The smallest absolute Gasteiger partial charge is 0.143 e. The molecule has 0 spiro atoms. The molecular weight excluding hydrogens is 509 g/mol. The van der Waals surface area contributed by atoms with Gasteiger partial charge in [-0.3, -0.25) is 0 Å². The van der Waals surface area contributed by atoms with E-state index in [-0.39, 0.29) is 0 Å². The van der Waals surface area contributed by atoms with Crippen LogP contribution in [0.3, 0.4) is 0 Å². The van der Waals surface area contributed by atoms with Crippen LogP contribution in [0, 0.1) is 0 Å². The highest BCUT2D eigenvalue weighted by atomic mass is 32.1. The van der Waals surface area contributed by atoms with Gasteiger partial charge in [0.2, 0.25) is 0 Å². The molecular formula is C24H15S6Si. The number of hydrogen-bond acceptors (Lipinski definition) is 6. The van der Waals surface area contributed by atoms with Gasteiger partial charge >= 0.3 is 0 Å². The Balaban J connectivity index is 1.44. The van der Waals surface area contributed by atoms with Crippen LogP contribution < -0.4 is 13.5 Å². The van der Waals surface area contributed by atoms with E-state index < -0.39 is 8.80 Å². The van der Waals surface area contributed by atoms with E-state index in [1.165, 1.54) is 42.8 Å². The van der Waals surface area contributed by atoms with Gasteiger partial charge in [0.25, 0.3) is 0 Å². The van der Waals surface area contributed by atoms with Crippen LogP contribution in [0.4, 0.5) is 0 Å². The summed E-state index contributed by atoms with van der Waals surface area (Å²) < 4.78 is 4.56. The maximum Gasteiger partial charge on any atom is 0.193 e. The van der Waals surface area contributed by atoms with Crippen molar-refractivity contribution in [2.75, 3.05) is 0 Å². The van der Waals surface area contributed by atoms with Crippen molar-refractivity contribution in [2.45, 2.75) is 0 Å². The Morgan fingerprint density at radius 1 is 0.387 bits per heavy atom. The first kappa shape index (κ1) is 20.1. The second-order valence-corrected chi connectivity index (χ2v) is 16.3. The third-order valence-electron chi connectivity index (χ3n) is 4.85. The molecule has 6 aromatic heterocycles. The van der Waals surface area contributed by atoms with Crippen molar-refractivity contribution in [1.29, 1.82) is 0 Å². The third kappa shape index (κ3) is 4.00. The Morgan fingerprint density at radius 3 is 1.03 bits per heavy atom. The van der Waals surface area contributed by atoms with E-state index in [9.17, 15) is 0 Å². The van der Waals surface area contributed by atoms with Gasteiger partial charge in [-0.1, -0.05) is 36.4 Å². The van der Waals surface area contributed by atoms with Crippen LogP contribution in [0.25, 0.3) is 29.3 Å². The Kier molecular flexibility index (Phi) is 5.66. The lowest BCUT2D eigenvalue weighted by Gasteiger charge is -2.09. The van der Waals surface area contributed by atoms with E-state index in [1.807, 2.05) is 68.0 Å². The molecule has 0 aliphatic heterocycles. The molecule has 0 bridgehead atoms. The van der Waals surface area contributed by atoms with Gasteiger partial charge in [0.15, 0.2) is 8.80 Å².